The third-order valence-electron chi connectivity index (χ3n) is 0.466. The van der Waals surface area contributed by atoms with Gasteiger partial charge in [-0.15, -0.1) is 0 Å². The molecule has 4 nitrogen and oxygen atoms in total. The van der Waals surface area contributed by atoms with Crippen LogP contribution in [-0.2, 0) is 0 Å². The Morgan fingerprint density at radius 2 is 2.71 bits per heavy atom. The molecule has 1 aromatic rings. The largest absolute Gasteiger partial charge is 0.490 e. The number of hydrogen-bond acceptors (Lipinski definition) is 3. The Morgan fingerprint density at radius 3 is 2.86 bits per heavy atom. The highest BCUT2D eigenvalue weighted by Gasteiger charge is 1.95. The zero-order valence-corrected chi connectivity index (χ0v) is 4.10. The number of nitrogens with one attached hydrogen (secondary N) is 1. The fraction of sp³-hybridized carbons (Fsp3) is 0. The van der Waals surface area contributed by atoms with Gasteiger partial charge in [-0.2, -0.15) is 0 Å². The monoisotopic (exact) mass is 119 g/mol. The zero-order valence-electron chi connectivity index (χ0n) is 3.29. The molecule has 0 unspecified atom stereocenters. The second kappa shape index (κ2) is 1.34. The Bertz CT molecular complexity index is 201. The summed E-state index contributed by atoms with van der Waals surface area (Å²) in [6, 6.07) is 0. The number of aromatic amines is 1. The summed E-state index contributed by atoms with van der Waals surface area (Å²) >= 11 is 0.860. The van der Waals surface area contributed by atoms with Crippen LogP contribution < -0.4 is 3.93 Å². The molecule has 0 fully saturated rings. The third-order valence-corrected chi connectivity index (χ3v) is 1.08. The minimum absolute atomic E-state index is 0.0972. The summed E-state index contributed by atoms with van der Waals surface area (Å²) in [5, 5.41) is 11.8. The van der Waals surface area contributed by atoms with E-state index in [0.717, 1.165) is 11.5 Å². The van der Waals surface area contributed by atoms with Gasteiger partial charge in [-0.05, 0) is 0 Å². The van der Waals surface area contributed by atoms with Crippen molar-refractivity contribution >= 4 is 11.5 Å². The number of aromatic nitrogens is 2. The van der Waals surface area contributed by atoms with Gasteiger partial charge in [0.1, 0.15) is 5.38 Å². The van der Waals surface area contributed by atoms with Gasteiger partial charge < -0.3 is 5.11 Å². The molecule has 1 heterocycles. The molecule has 0 aliphatic heterocycles. The average Bonchev–Trinajstić information content (AvgIpc) is 1.87. The topological polar surface area (TPSA) is 59.0 Å². The fourth-order valence-corrected chi connectivity index (χ4v) is 0.639. The van der Waals surface area contributed by atoms with Crippen molar-refractivity contribution in [3.63, 3.8) is 0 Å². The van der Waals surface area contributed by atoms with Gasteiger partial charge >= 0.3 is 0 Å². The van der Waals surface area contributed by atoms with Crippen LogP contribution in [0.5, 0.6) is 5.88 Å². The molecule has 2 N–H and O–H groups in total. The predicted molar refractivity (Wildman–Crippen MR) is 23.7 cm³/mol. The van der Waals surface area contributed by atoms with Crippen LogP contribution in [-0.4, -0.2) is 10.2 Å². The lowest BCUT2D eigenvalue weighted by atomic mass is 10.9. The van der Waals surface area contributed by atoms with Gasteiger partial charge in [0.05, 0.1) is 4.91 Å². The lowest BCUT2D eigenvalue weighted by Gasteiger charge is -1.61. The molecule has 5 heteroatoms. The Hall–Kier alpha value is -0.840. The van der Waals surface area contributed by atoms with Gasteiger partial charge in [-0.25, -0.2) is 0 Å². The van der Waals surface area contributed by atoms with E-state index < -0.39 is 0 Å². The quantitative estimate of drug-likeness (QED) is 0.460. The van der Waals surface area contributed by atoms with E-state index in [1.807, 2.05) is 0 Å². The Balaban J connectivity index is 3.30. The fourth-order valence-electron chi connectivity index (χ4n) is 0.244. The first kappa shape index (κ1) is 4.32. The summed E-state index contributed by atoms with van der Waals surface area (Å²) in [5.74, 6) is -0.0972. The molecule has 0 radical (unpaired) electrons. The summed E-state index contributed by atoms with van der Waals surface area (Å²) in [5.41, 5.74) is 0. The van der Waals surface area contributed by atoms with Crippen LogP contribution in [0.4, 0.5) is 0 Å². The van der Waals surface area contributed by atoms with Crippen LogP contribution in [0.1, 0.15) is 0 Å². The van der Waals surface area contributed by atoms with Gasteiger partial charge in [0.25, 0.3) is 5.88 Å². The van der Waals surface area contributed by atoms with Crippen molar-refractivity contribution < 1.29 is 9.04 Å². The minimum Gasteiger partial charge on any atom is -0.490 e. The average molecular weight is 119 g/mol. The molecule has 0 saturated heterocycles. The first-order valence-corrected chi connectivity index (χ1v) is 2.42. The second-order valence-electron chi connectivity index (χ2n) is 0.977. The van der Waals surface area contributed by atoms with Gasteiger partial charge in [0, 0.05) is 0 Å². The molecule has 1 aromatic heterocycles. The van der Waals surface area contributed by atoms with E-state index >= 15 is 0 Å². The molecule has 0 aromatic carbocycles. The van der Waals surface area contributed by atoms with Crippen LogP contribution in [0.3, 0.4) is 0 Å². The summed E-state index contributed by atoms with van der Waals surface area (Å²) in [4.78, 5) is 10.0. The Labute approximate surface area is 42.8 Å². The maximum absolute atomic E-state index is 10.0. The molecule has 38 valence electrons. The predicted octanol–water partition coefficient (Wildman–Crippen LogP) is -0.304. The standard InChI is InChI=1S/C2H2N2O2S/c5-2-1-7-4(6)3-2/h1H,(H-,3,5,6)/p+1. The molecule has 0 saturated carbocycles. The van der Waals surface area contributed by atoms with Crippen molar-refractivity contribution in [2.45, 2.75) is 0 Å². The molecule has 7 heavy (non-hydrogen) atoms. The van der Waals surface area contributed by atoms with E-state index in [0.29, 0.717) is 3.93 Å². The zero-order chi connectivity index (χ0) is 5.28. The Morgan fingerprint density at radius 1 is 2.00 bits per heavy atom. The highest BCUT2D eigenvalue weighted by Crippen LogP contribution is 1.97. The summed E-state index contributed by atoms with van der Waals surface area (Å²) in [6.45, 7) is 0. The van der Waals surface area contributed by atoms with Crippen LogP contribution >= 0.6 is 11.5 Å². The van der Waals surface area contributed by atoms with E-state index in [9.17, 15) is 4.91 Å². The highest BCUT2D eigenvalue weighted by atomic mass is 32.1. The van der Waals surface area contributed by atoms with Gasteiger partial charge in [-0.1, -0.05) is 5.10 Å². The van der Waals surface area contributed by atoms with Crippen molar-refractivity contribution in [2.24, 2.45) is 0 Å². The van der Waals surface area contributed by atoms with E-state index in [1.54, 1.807) is 0 Å². The molecule has 0 aliphatic rings. The Kier molecular flexibility index (Phi) is 0.828. The number of hydrogen-bond donors (Lipinski definition) is 2. The molecular formula is C2H3N2O2S+. The molecular weight excluding hydrogens is 116 g/mol. The van der Waals surface area contributed by atoms with Crippen molar-refractivity contribution in [1.82, 2.24) is 5.10 Å². The normalized spacial score (nSPS) is 9.14. The van der Waals surface area contributed by atoms with Gasteiger partial charge in [-0.3, -0.25) is 0 Å². The lowest BCUT2D eigenvalue weighted by Crippen LogP contribution is -2.07. The number of aromatic hydroxyl groups is 1. The maximum atomic E-state index is 10.0. The summed E-state index contributed by atoms with van der Waals surface area (Å²) < 4.78 is 0.454. The van der Waals surface area contributed by atoms with Crippen molar-refractivity contribution in [2.75, 3.05) is 0 Å². The van der Waals surface area contributed by atoms with Crippen molar-refractivity contribution in [1.29, 1.82) is 0 Å². The molecule has 0 amide bonds. The van der Waals surface area contributed by atoms with Crippen molar-refractivity contribution in [3.8, 4) is 5.88 Å². The van der Waals surface area contributed by atoms with Crippen LogP contribution in [0, 0.1) is 4.91 Å². The summed E-state index contributed by atoms with van der Waals surface area (Å²) in [7, 11) is 0. The summed E-state index contributed by atoms with van der Waals surface area (Å²) in [6.07, 6.45) is 0. The second-order valence-corrected chi connectivity index (χ2v) is 1.76. The van der Waals surface area contributed by atoms with Crippen LogP contribution in [0.15, 0.2) is 5.38 Å². The van der Waals surface area contributed by atoms with Gasteiger partial charge in [0.2, 0.25) is 15.5 Å². The number of nitrogens with zero attached hydrogens (tertiary/aromatic N) is 1. The van der Waals surface area contributed by atoms with Crippen LogP contribution in [0.2, 0.25) is 0 Å². The first-order valence-electron chi connectivity index (χ1n) is 1.59. The number of rotatable bonds is 0. The molecule has 0 atom stereocenters. The molecule has 0 bridgehead atoms. The van der Waals surface area contributed by atoms with Crippen molar-refractivity contribution in [3.05, 3.63) is 10.3 Å². The van der Waals surface area contributed by atoms with Crippen LogP contribution in [0.25, 0.3) is 0 Å². The molecule has 1 rings (SSSR count). The van der Waals surface area contributed by atoms with Gasteiger partial charge in [0.15, 0.2) is 0 Å². The SMILES string of the molecule is O=[n+]1[nH]c(O)cs1. The first-order chi connectivity index (χ1) is 3.29. The maximum Gasteiger partial charge on any atom is 0.263 e. The highest BCUT2D eigenvalue weighted by molar-refractivity contribution is 6.99. The minimum atomic E-state index is -0.0972. The van der Waals surface area contributed by atoms with E-state index in [-0.39, 0.29) is 5.88 Å². The number of H-pyrrole nitrogens is 1. The smallest absolute Gasteiger partial charge is 0.263 e. The molecule has 0 spiro atoms. The van der Waals surface area contributed by atoms with E-state index in [4.69, 9.17) is 5.11 Å². The molecule has 0 aliphatic carbocycles. The van der Waals surface area contributed by atoms with E-state index in [2.05, 4.69) is 5.10 Å². The lowest BCUT2D eigenvalue weighted by molar-refractivity contribution is -0.489. The van der Waals surface area contributed by atoms with E-state index in [1.165, 1.54) is 5.38 Å². The third kappa shape index (κ3) is 0.774.